The zero-order valence-electron chi connectivity index (χ0n) is 12.3. The van der Waals surface area contributed by atoms with Crippen molar-refractivity contribution in [3.63, 3.8) is 0 Å². The maximum Gasteiger partial charge on any atom is 0.242 e. The highest BCUT2D eigenvalue weighted by Gasteiger charge is 2.37. The van der Waals surface area contributed by atoms with Gasteiger partial charge in [-0.25, -0.2) is 13.1 Å². The molecule has 0 radical (unpaired) electrons. The van der Waals surface area contributed by atoms with E-state index in [-0.39, 0.29) is 28.1 Å². The molecule has 0 amide bonds. The monoisotopic (exact) mass is 344 g/mol. The van der Waals surface area contributed by atoms with E-state index in [0.29, 0.717) is 6.54 Å². The first-order valence-electron chi connectivity index (χ1n) is 7.66. The molecule has 0 aromatic heterocycles. The van der Waals surface area contributed by atoms with Crippen LogP contribution in [0.4, 0.5) is 0 Å². The Morgan fingerprint density at radius 3 is 2.68 bits per heavy atom. The number of likely N-dealkylation sites (tertiary alicyclic amines) is 1. The van der Waals surface area contributed by atoms with Gasteiger partial charge in [0.05, 0.1) is 11.1 Å². The molecular weight excluding hydrogens is 324 g/mol. The predicted molar refractivity (Wildman–Crippen MR) is 85.4 cm³/mol. The third kappa shape index (κ3) is 3.31. The number of hydrogen-bond acceptors (Lipinski definition) is 4. The van der Waals surface area contributed by atoms with Crippen molar-refractivity contribution in [2.45, 2.75) is 48.8 Å². The summed E-state index contributed by atoms with van der Waals surface area (Å²) >= 11 is 6.01. The summed E-state index contributed by atoms with van der Waals surface area (Å²) in [7, 11) is -3.62. The second kappa shape index (κ2) is 6.45. The molecule has 5 nitrogen and oxygen atoms in total. The smallest absolute Gasteiger partial charge is 0.242 e. The number of rotatable bonds is 4. The zero-order valence-corrected chi connectivity index (χ0v) is 13.9. The Labute approximate surface area is 136 Å². The lowest BCUT2D eigenvalue weighted by molar-refractivity contribution is 0.153. The van der Waals surface area contributed by atoms with Gasteiger partial charge in [-0.15, -0.1) is 0 Å². The lowest BCUT2D eigenvalue weighted by Gasteiger charge is -2.29. The number of β-amino-alcohol motifs (C(OH)–C–C–N with tert-alkyl or cyclic N) is 1. The number of aliphatic hydroxyl groups is 1. The van der Waals surface area contributed by atoms with Gasteiger partial charge in [0.2, 0.25) is 10.0 Å². The maximum atomic E-state index is 12.6. The van der Waals surface area contributed by atoms with Gasteiger partial charge in [-0.1, -0.05) is 30.2 Å². The fourth-order valence-corrected chi connectivity index (χ4v) is 5.33. The molecule has 22 heavy (non-hydrogen) atoms. The average molecular weight is 345 g/mol. The Hall–Kier alpha value is -0.660. The van der Waals surface area contributed by atoms with Gasteiger partial charge in [0.15, 0.2) is 0 Å². The van der Waals surface area contributed by atoms with Crippen LogP contribution in [-0.4, -0.2) is 49.7 Å². The number of nitrogens with zero attached hydrogens (tertiary/aromatic N) is 1. The van der Waals surface area contributed by atoms with Crippen LogP contribution in [0, 0.1) is 0 Å². The predicted octanol–water partition coefficient (Wildman–Crippen LogP) is 1.61. The first-order valence-corrected chi connectivity index (χ1v) is 9.52. The van der Waals surface area contributed by atoms with Crippen LogP contribution in [0.3, 0.4) is 0 Å². The van der Waals surface area contributed by atoms with Crippen molar-refractivity contribution in [2.75, 3.05) is 13.1 Å². The van der Waals surface area contributed by atoms with Gasteiger partial charge in [0, 0.05) is 25.2 Å². The van der Waals surface area contributed by atoms with E-state index in [0.717, 1.165) is 32.2 Å². The van der Waals surface area contributed by atoms with Gasteiger partial charge in [-0.3, -0.25) is 4.90 Å². The summed E-state index contributed by atoms with van der Waals surface area (Å²) in [6.07, 6.45) is 3.25. The molecule has 0 bridgehead atoms. The number of nitrogens with one attached hydrogen (secondary N) is 1. The molecule has 1 saturated heterocycles. The summed E-state index contributed by atoms with van der Waals surface area (Å²) in [5.41, 5.74) is 0. The second-order valence-electron chi connectivity index (χ2n) is 6.09. The number of sulfonamides is 1. The lowest BCUT2D eigenvalue weighted by Crippen LogP contribution is -2.48. The van der Waals surface area contributed by atoms with E-state index in [2.05, 4.69) is 9.62 Å². The molecule has 1 unspecified atom stereocenters. The number of halogens is 1. The third-order valence-corrected chi connectivity index (χ3v) is 6.57. The second-order valence-corrected chi connectivity index (χ2v) is 8.18. The van der Waals surface area contributed by atoms with Crippen LogP contribution in [0.15, 0.2) is 29.2 Å². The van der Waals surface area contributed by atoms with Gasteiger partial charge in [-0.2, -0.15) is 0 Å². The average Bonchev–Trinajstić information content (AvgIpc) is 3.07. The van der Waals surface area contributed by atoms with E-state index in [1.165, 1.54) is 6.07 Å². The van der Waals surface area contributed by atoms with Gasteiger partial charge < -0.3 is 5.11 Å². The summed E-state index contributed by atoms with van der Waals surface area (Å²) in [6.45, 7) is 1.46. The van der Waals surface area contributed by atoms with Crippen LogP contribution in [0.25, 0.3) is 0 Å². The van der Waals surface area contributed by atoms with Gasteiger partial charge in [-0.05, 0) is 31.4 Å². The highest BCUT2D eigenvalue weighted by molar-refractivity contribution is 7.89. The molecule has 2 fully saturated rings. The summed E-state index contributed by atoms with van der Waals surface area (Å²) < 4.78 is 28.0. The number of hydrogen-bond donors (Lipinski definition) is 2. The molecule has 3 rings (SSSR count). The molecule has 3 atom stereocenters. The molecule has 1 heterocycles. The van der Waals surface area contributed by atoms with Crippen molar-refractivity contribution in [3.05, 3.63) is 29.3 Å². The Kier molecular flexibility index (Phi) is 4.75. The van der Waals surface area contributed by atoms with Gasteiger partial charge in [0.25, 0.3) is 0 Å². The van der Waals surface area contributed by atoms with E-state index in [1.807, 2.05) is 0 Å². The number of benzene rings is 1. The first kappa shape index (κ1) is 16.2. The van der Waals surface area contributed by atoms with E-state index in [1.54, 1.807) is 18.2 Å². The normalized spacial score (nSPS) is 30.0. The van der Waals surface area contributed by atoms with E-state index in [4.69, 9.17) is 11.6 Å². The molecule has 7 heteroatoms. The number of aliphatic hydroxyl groups excluding tert-OH is 1. The van der Waals surface area contributed by atoms with Gasteiger partial charge >= 0.3 is 0 Å². The quantitative estimate of drug-likeness (QED) is 0.870. The van der Waals surface area contributed by atoms with Crippen molar-refractivity contribution < 1.29 is 13.5 Å². The molecule has 122 valence electrons. The standard InChI is InChI=1S/C15H21ClN2O3S/c16-12-4-1-2-7-15(12)22(20,21)17-13-5-3-6-14(13)18-9-8-11(19)10-18/h1-2,4,7,11,13-14,17,19H,3,5-6,8-10H2/t11?,13-,14+/m1/s1. The van der Waals surface area contributed by atoms with E-state index >= 15 is 0 Å². The Morgan fingerprint density at radius 1 is 1.23 bits per heavy atom. The fraction of sp³-hybridized carbons (Fsp3) is 0.600. The first-order chi connectivity index (χ1) is 10.5. The van der Waals surface area contributed by atoms with Crippen molar-refractivity contribution in [1.82, 2.24) is 9.62 Å². The SMILES string of the molecule is O=S(=O)(N[C@@H]1CCC[C@@H]1N1CCC(O)C1)c1ccccc1Cl. The summed E-state index contributed by atoms with van der Waals surface area (Å²) in [5, 5.41) is 9.93. The van der Waals surface area contributed by atoms with Crippen LogP contribution in [0.5, 0.6) is 0 Å². The van der Waals surface area contributed by atoms with Crippen molar-refractivity contribution in [2.24, 2.45) is 0 Å². The molecule has 2 N–H and O–H groups in total. The topological polar surface area (TPSA) is 69.6 Å². The molecular formula is C15H21ClN2O3S. The lowest BCUT2D eigenvalue weighted by atomic mass is 10.1. The van der Waals surface area contributed by atoms with E-state index < -0.39 is 10.0 Å². The third-order valence-electron chi connectivity index (χ3n) is 4.58. The van der Waals surface area contributed by atoms with Crippen LogP contribution < -0.4 is 4.72 Å². The van der Waals surface area contributed by atoms with Gasteiger partial charge in [0.1, 0.15) is 4.90 Å². The van der Waals surface area contributed by atoms with Crippen LogP contribution in [-0.2, 0) is 10.0 Å². The van der Waals surface area contributed by atoms with E-state index in [9.17, 15) is 13.5 Å². The maximum absolute atomic E-state index is 12.6. The molecule has 1 aliphatic heterocycles. The van der Waals surface area contributed by atoms with Crippen LogP contribution >= 0.6 is 11.6 Å². The zero-order chi connectivity index (χ0) is 15.7. The largest absolute Gasteiger partial charge is 0.392 e. The minimum absolute atomic E-state index is 0.119. The Bertz CT molecular complexity index is 637. The summed E-state index contributed by atoms with van der Waals surface area (Å²) in [6, 6.07) is 6.53. The fourth-order valence-electron chi connectivity index (χ4n) is 3.51. The van der Waals surface area contributed by atoms with Crippen molar-refractivity contribution in [3.8, 4) is 0 Å². The van der Waals surface area contributed by atoms with Crippen LogP contribution in [0.2, 0.25) is 5.02 Å². The molecule has 2 aliphatic rings. The minimum atomic E-state index is -3.62. The Balaban J connectivity index is 1.75. The summed E-state index contributed by atoms with van der Waals surface area (Å²) in [4.78, 5) is 2.33. The molecule has 1 aromatic carbocycles. The molecule has 0 spiro atoms. The molecule has 1 aromatic rings. The van der Waals surface area contributed by atoms with Crippen LogP contribution in [0.1, 0.15) is 25.7 Å². The minimum Gasteiger partial charge on any atom is -0.392 e. The molecule has 1 saturated carbocycles. The van der Waals surface area contributed by atoms with Crippen molar-refractivity contribution >= 4 is 21.6 Å². The molecule has 1 aliphatic carbocycles. The highest BCUT2D eigenvalue weighted by atomic mass is 35.5. The highest BCUT2D eigenvalue weighted by Crippen LogP contribution is 2.29. The Morgan fingerprint density at radius 2 is 2.00 bits per heavy atom. The summed E-state index contributed by atoms with van der Waals surface area (Å²) in [5.74, 6) is 0. The van der Waals surface area contributed by atoms with Crippen molar-refractivity contribution in [1.29, 1.82) is 0 Å².